The van der Waals surface area contributed by atoms with Crippen LogP contribution in [0.2, 0.25) is 0 Å². The van der Waals surface area contributed by atoms with Gasteiger partial charge >= 0.3 is 0 Å². The summed E-state index contributed by atoms with van der Waals surface area (Å²) in [6, 6.07) is 8.95. The van der Waals surface area contributed by atoms with Crippen LogP contribution in [-0.2, 0) is 0 Å². The van der Waals surface area contributed by atoms with Crippen LogP contribution in [-0.4, -0.2) is 30.7 Å². The number of H-pyrrole nitrogens is 1. The first kappa shape index (κ1) is 12.6. The van der Waals surface area contributed by atoms with Crippen LogP contribution in [0.15, 0.2) is 30.3 Å². The first-order chi connectivity index (χ1) is 9.56. The third kappa shape index (κ3) is 2.00. The summed E-state index contributed by atoms with van der Waals surface area (Å²) in [7, 11) is 0. The highest BCUT2D eigenvalue weighted by Gasteiger charge is 2.19. The molecule has 102 valence electrons. The van der Waals surface area contributed by atoms with Crippen molar-refractivity contribution < 1.29 is 9.90 Å². The van der Waals surface area contributed by atoms with E-state index in [1.165, 1.54) is 4.52 Å². The minimum absolute atomic E-state index is 0.204. The minimum atomic E-state index is -0.654. The maximum absolute atomic E-state index is 12.4. The summed E-state index contributed by atoms with van der Waals surface area (Å²) in [5, 5.41) is 20.3. The Bertz CT molecular complexity index is 768. The van der Waals surface area contributed by atoms with Crippen LogP contribution < -0.4 is 0 Å². The van der Waals surface area contributed by atoms with Crippen molar-refractivity contribution in [2.75, 3.05) is 0 Å². The number of fused-ring (bicyclic) bond motifs is 1. The lowest BCUT2D eigenvalue weighted by atomic mass is 10.1. The van der Waals surface area contributed by atoms with Crippen molar-refractivity contribution in [3.05, 3.63) is 53.0 Å². The average molecular weight is 270 g/mol. The number of ketones is 1. The van der Waals surface area contributed by atoms with E-state index in [1.807, 2.05) is 19.1 Å². The summed E-state index contributed by atoms with van der Waals surface area (Å²) in [5.74, 6) is -0.00718. The number of carbonyl (C=O) groups is 1. The quantitative estimate of drug-likeness (QED) is 0.709. The number of aliphatic hydroxyl groups excluding tert-OH is 1. The molecule has 2 N–H and O–H groups in total. The fourth-order valence-electron chi connectivity index (χ4n) is 2.00. The van der Waals surface area contributed by atoms with Crippen LogP contribution >= 0.6 is 0 Å². The molecule has 1 atom stereocenters. The number of aromatic amines is 1. The summed E-state index contributed by atoms with van der Waals surface area (Å²) in [6.07, 6.45) is -0.654. The third-order valence-corrected chi connectivity index (χ3v) is 3.18. The van der Waals surface area contributed by atoms with Crippen LogP contribution in [0.4, 0.5) is 0 Å². The van der Waals surface area contributed by atoms with Crippen molar-refractivity contribution >= 4 is 11.4 Å². The number of hydrogen-bond acceptors (Lipinski definition) is 4. The zero-order valence-electron chi connectivity index (χ0n) is 11.2. The van der Waals surface area contributed by atoms with Gasteiger partial charge in [0, 0.05) is 11.6 Å². The van der Waals surface area contributed by atoms with E-state index in [0.29, 0.717) is 16.9 Å². The van der Waals surface area contributed by atoms with Crippen LogP contribution in [0.1, 0.15) is 40.5 Å². The van der Waals surface area contributed by atoms with E-state index in [2.05, 4.69) is 15.3 Å². The van der Waals surface area contributed by atoms with E-state index in [4.69, 9.17) is 0 Å². The second kappa shape index (κ2) is 4.57. The Labute approximate surface area is 115 Å². The molecule has 6 heteroatoms. The summed E-state index contributed by atoms with van der Waals surface area (Å²) in [6.45, 7) is 3.60. The number of nitrogens with one attached hydrogen (secondary N) is 1. The second-order valence-electron chi connectivity index (χ2n) is 4.80. The number of aromatic nitrogens is 4. The Morgan fingerprint density at radius 2 is 2.00 bits per heavy atom. The molecular formula is C14H14N4O2. The van der Waals surface area contributed by atoms with E-state index < -0.39 is 6.10 Å². The molecule has 0 radical (unpaired) electrons. The van der Waals surface area contributed by atoms with E-state index in [9.17, 15) is 9.90 Å². The molecule has 0 fully saturated rings. The van der Waals surface area contributed by atoms with Crippen LogP contribution in [0.3, 0.4) is 0 Å². The normalized spacial score (nSPS) is 12.8. The molecule has 20 heavy (non-hydrogen) atoms. The number of carbonyl (C=O) groups excluding carboxylic acids is 1. The number of aryl methyl sites for hydroxylation is 1. The van der Waals surface area contributed by atoms with Crippen molar-refractivity contribution in [2.24, 2.45) is 0 Å². The Morgan fingerprint density at radius 3 is 2.65 bits per heavy atom. The van der Waals surface area contributed by atoms with Crippen molar-refractivity contribution in [1.82, 2.24) is 19.8 Å². The summed E-state index contributed by atoms with van der Waals surface area (Å²) < 4.78 is 1.49. The Hall–Kier alpha value is -2.47. The molecule has 0 aliphatic rings. The fourth-order valence-corrected chi connectivity index (χ4v) is 2.00. The van der Waals surface area contributed by atoms with Crippen molar-refractivity contribution in [1.29, 1.82) is 0 Å². The molecular weight excluding hydrogens is 256 g/mol. The maximum atomic E-state index is 12.4. The van der Waals surface area contributed by atoms with Crippen LogP contribution in [0.25, 0.3) is 5.65 Å². The van der Waals surface area contributed by atoms with Gasteiger partial charge in [0.25, 0.3) is 0 Å². The van der Waals surface area contributed by atoms with Crippen molar-refractivity contribution in [2.45, 2.75) is 20.0 Å². The molecule has 2 heterocycles. The Balaban J connectivity index is 2.05. The molecule has 0 aliphatic heterocycles. The van der Waals surface area contributed by atoms with Gasteiger partial charge in [0.15, 0.2) is 5.65 Å². The van der Waals surface area contributed by atoms with Gasteiger partial charge in [-0.3, -0.25) is 9.89 Å². The highest BCUT2D eigenvalue weighted by atomic mass is 16.3. The molecule has 0 spiro atoms. The van der Waals surface area contributed by atoms with Gasteiger partial charge in [-0.15, -0.1) is 10.2 Å². The molecule has 0 aliphatic carbocycles. The summed E-state index contributed by atoms with van der Waals surface area (Å²) in [4.78, 5) is 12.4. The maximum Gasteiger partial charge on any atom is 0.232 e. The van der Waals surface area contributed by atoms with E-state index in [0.717, 1.165) is 5.56 Å². The molecule has 3 aromatic rings. The zero-order chi connectivity index (χ0) is 14.3. The van der Waals surface area contributed by atoms with Crippen molar-refractivity contribution in [3.8, 4) is 0 Å². The molecule has 3 rings (SSSR count). The number of nitrogens with zero attached hydrogens (tertiary/aromatic N) is 3. The predicted molar refractivity (Wildman–Crippen MR) is 72.6 cm³/mol. The highest BCUT2D eigenvalue weighted by molar-refractivity contribution is 6.06. The lowest BCUT2D eigenvalue weighted by Gasteiger charge is -2.00. The van der Waals surface area contributed by atoms with Gasteiger partial charge in [-0.05, 0) is 13.8 Å². The molecule has 6 nitrogen and oxygen atoms in total. The Morgan fingerprint density at radius 1 is 1.30 bits per heavy atom. The Kier molecular flexibility index (Phi) is 2.87. The minimum Gasteiger partial charge on any atom is -0.387 e. The van der Waals surface area contributed by atoms with Gasteiger partial charge in [-0.25, -0.2) is 4.52 Å². The summed E-state index contributed by atoms with van der Waals surface area (Å²) >= 11 is 0. The summed E-state index contributed by atoms with van der Waals surface area (Å²) in [5.41, 5.74) is 2.74. The number of benzene rings is 1. The van der Waals surface area contributed by atoms with E-state index >= 15 is 0 Å². The van der Waals surface area contributed by atoms with Gasteiger partial charge < -0.3 is 5.11 Å². The first-order valence-corrected chi connectivity index (χ1v) is 6.30. The SMILES string of the molecule is Cc1ccc(C(=O)c2nnc3cc(C(C)O)[nH]n23)cc1. The van der Waals surface area contributed by atoms with Gasteiger partial charge in [-0.1, -0.05) is 29.8 Å². The second-order valence-corrected chi connectivity index (χ2v) is 4.80. The van der Waals surface area contributed by atoms with Gasteiger partial charge in [0.1, 0.15) is 0 Å². The lowest BCUT2D eigenvalue weighted by molar-refractivity contribution is 0.102. The fraction of sp³-hybridized carbons (Fsp3) is 0.214. The molecule has 1 unspecified atom stereocenters. The largest absolute Gasteiger partial charge is 0.387 e. The molecule has 0 saturated heterocycles. The van der Waals surface area contributed by atoms with Gasteiger partial charge in [-0.2, -0.15) is 0 Å². The van der Waals surface area contributed by atoms with Gasteiger partial charge in [0.05, 0.1) is 11.8 Å². The smallest absolute Gasteiger partial charge is 0.232 e. The first-order valence-electron chi connectivity index (χ1n) is 6.30. The predicted octanol–water partition coefficient (Wildman–Crippen LogP) is 1.65. The topological polar surface area (TPSA) is 83.3 Å². The standard InChI is InChI=1S/C14H14N4O2/c1-8-3-5-10(6-4-8)13(20)14-16-15-12-7-11(9(2)19)17-18(12)14/h3-7,9,17,19H,1-2H3. The third-order valence-electron chi connectivity index (χ3n) is 3.18. The van der Waals surface area contributed by atoms with Crippen molar-refractivity contribution in [3.63, 3.8) is 0 Å². The van der Waals surface area contributed by atoms with E-state index in [1.54, 1.807) is 25.1 Å². The molecule has 0 amide bonds. The molecule has 2 aromatic heterocycles. The number of rotatable bonds is 3. The average Bonchev–Trinajstić information content (AvgIpc) is 2.98. The number of hydrogen-bond donors (Lipinski definition) is 2. The zero-order valence-corrected chi connectivity index (χ0v) is 11.2. The monoisotopic (exact) mass is 270 g/mol. The molecule has 0 saturated carbocycles. The molecule has 1 aromatic carbocycles. The van der Waals surface area contributed by atoms with Gasteiger partial charge in [0.2, 0.25) is 11.6 Å². The lowest BCUT2D eigenvalue weighted by Crippen LogP contribution is -2.08. The van der Waals surface area contributed by atoms with E-state index in [-0.39, 0.29) is 11.6 Å². The molecule has 0 bridgehead atoms. The highest BCUT2D eigenvalue weighted by Crippen LogP contribution is 2.15. The van der Waals surface area contributed by atoms with Crippen LogP contribution in [0.5, 0.6) is 0 Å². The van der Waals surface area contributed by atoms with Crippen LogP contribution in [0, 0.1) is 6.92 Å². The number of aliphatic hydroxyl groups is 1.